The number of carboxylic acid groups (broad SMARTS) is 1. The van der Waals surface area contributed by atoms with Gasteiger partial charge in [-0.15, -0.1) is 11.3 Å². The molecule has 0 saturated carbocycles. The molecule has 2 rings (SSSR count). The van der Waals surface area contributed by atoms with E-state index in [9.17, 15) is 9.18 Å². The van der Waals surface area contributed by atoms with Gasteiger partial charge < -0.3 is 5.11 Å². The van der Waals surface area contributed by atoms with Crippen LogP contribution in [-0.4, -0.2) is 16.1 Å². The van der Waals surface area contributed by atoms with Crippen LogP contribution < -0.4 is 0 Å². The molecule has 82 valence electrons. The van der Waals surface area contributed by atoms with Crippen LogP contribution in [-0.2, 0) is 0 Å². The summed E-state index contributed by atoms with van der Waals surface area (Å²) in [6.45, 7) is 1.84. The van der Waals surface area contributed by atoms with Crippen LogP contribution in [0.4, 0.5) is 4.39 Å². The number of carbonyl (C=O) groups is 1. The van der Waals surface area contributed by atoms with Gasteiger partial charge >= 0.3 is 5.97 Å². The van der Waals surface area contributed by atoms with E-state index in [2.05, 4.69) is 4.98 Å². The fourth-order valence-corrected chi connectivity index (χ4v) is 2.11. The molecule has 1 heterocycles. The first kappa shape index (κ1) is 10.8. The Labute approximate surface area is 95.2 Å². The van der Waals surface area contributed by atoms with Gasteiger partial charge in [-0.1, -0.05) is 11.6 Å². The Bertz CT molecular complexity index is 551. The fourth-order valence-electron chi connectivity index (χ4n) is 1.30. The standard InChI is InChI=1S/C11H8FNO2S/c1-6-2-3-8(12)7(4-6)10-13-9(5-16-10)11(14)15/h2-5H,1H3,(H,14,15). The molecule has 2 aromatic rings. The lowest BCUT2D eigenvalue weighted by Crippen LogP contribution is -1.96. The molecule has 0 aliphatic rings. The minimum absolute atomic E-state index is 0.0547. The first-order valence-electron chi connectivity index (χ1n) is 4.53. The van der Waals surface area contributed by atoms with Crippen LogP contribution in [0.3, 0.4) is 0 Å². The quantitative estimate of drug-likeness (QED) is 0.873. The predicted molar refractivity (Wildman–Crippen MR) is 59.2 cm³/mol. The molecule has 1 aromatic heterocycles. The number of rotatable bonds is 2. The van der Waals surface area contributed by atoms with Gasteiger partial charge in [0.1, 0.15) is 10.8 Å². The van der Waals surface area contributed by atoms with E-state index in [1.807, 2.05) is 6.92 Å². The van der Waals surface area contributed by atoms with E-state index in [1.165, 1.54) is 11.4 Å². The number of aryl methyl sites for hydroxylation is 1. The smallest absolute Gasteiger partial charge is 0.355 e. The summed E-state index contributed by atoms with van der Waals surface area (Å²) in [5.74, 6) is -1.49. The molecular weight excluding hydrogens is 229 g/mol. The average molecular weight is 237 g/mol. The van der Waals surface area contributed by atoms with E-state index in [4.69, 9.17) is 5.11 Å². The molecule has 3 nitrogen and oxygen atoms in total. The van der Waals surface area contributed by atoms with Crippen molar-refractivity contribution in [3.63, 3.8) is 0 Å². The van der Waals surface area contributed by atoms with E-state index in [0.717, 1.165) is 16.9 Å². The van der Waals surface area contributed by atoms with Crippen LogP contribution in [0, 0.1) is 12.7 Å². The van der Waals surface area contributed by atoms with Crippen LogP contribution in [0.25, 0.3) is 10.6 Å². The van der Waals surface area contributed by atoms with Crippen molar-refractivity contribution in [2.75, 3.05) is 0 Å². The van der Waals surface area contributed by atoms with Gasteiger partial charge in [0, 0.05) is 10.9 Å². The first-order chi connectivity index (χ1) is 7.58. The maximum atomic E-state index is 13.5. The maximum Gasteiger partial charge on any atom is 0.355 e. The third kappa shape index (κ3) is 1.94. The Kier molecular flexibility index (Phi) is 2.70. The van der Waals surface area contributed by atoms with Gasteiger partial charge in [-0.05, 0) is 19.1 Å². The number of aromatic nitrogens is 1. The summed E-state index contributed by atoms with van der Waals surface area (Å²) in [7, 11) is 0. The van der Waals surface area contributed by atoms with Crippen LogP contribution in [0.2, 0.25) is 0 Å². The molecule has 1 N–H and O–H groups in total. The van der Waals surface area contributed by atoms with Crippen molar-refractivity contribution in [2.24, 2.45) is 0 Å². The third-order valence-electron chi connectivity index (χ3n) is 2.08. The van der Waals surface area contributed by atoms with E-state index in [0.29, 0.717) is 10.6 Å². The van der Waals surface area contributed by atoms with Crippen LogP contribution in [0.15, 0.2) is 23.6 Å². The van der Waals surface area contributed by atoms with Crippen LogP contribution in [0.5, 0.6) is 0 Å². The molecule has 0 fully saturated rings. The summed E-state index contributed by atoms with van der Waals surface area (Å²) in [6.07, 6.45) is 0. The number of aromatic carboxylic acids is 1. The summed E-state index contributed by atoms with van der Waals surface area (Å²) in [5.41, 5.74) is 1.20. The molecule has 5 heteroatoms. The van der Waals surface area contributed by atoms with E-state index < -0.39 is 11.8 Å². The second-order valence-corrected chi connectivity index (χ2v) is 4.18. The summed E-state index contributed by atoms with van der Waals surface area (Å²) in [4.78, 5) is 14.5. The average Bonchev–Trinajstić information content (AvgIpc) is 2.70. The fraction of sp³-hybridized carbons (Fsp3) is 0.0909. The van der Waals surface area contributed by atoms with Crippen molar-refractivity contribution < 1.29 is 14.3 Å². The highest BCUT2D eigenvalue weighted by atomic mass is 32.1. The summed E-state index contributed by atoms with van der Waals surface area (Å²) in [6, 6.07) is 4.66. The summed E-state index contributed by atoms with van der Waals surface area (Å²) in [5, 5.41) is 10.5. The molecule has 0 spiro atoms. The van der Waals surface area contributed by atoms with Crippen molar-refractivity contribution in [2.45, 2.75) is 6.92 Å². The molecule has 0 aliphatic heterocycles. The Hall–Kier alpha value is -1.75. The van der Waals surface area contributed by atoms with Crippen LogP contribution in [0.1, 0.15) is 16.1 Å². The zero-order valence-electron chi connectivity index (χ0n) is 8.40. The van der Waals surface area contributed by atoms with E-state index in [1.54, 1.807) is 12.1 Å². The number of carboxylic acids is 1. The largest absolute Gasteiger partial charge is 0.476 e. The van der Waals surface area contributed by atoms with E-state index >= 15 is 0 Å². The first-order valence-corrected chi connectivity index (χ1v) is 5.41. The Morgan fingerprint density at radius 2 is 2.25 bits per heavy atom. The normalized spacial score (nSPS) is 10.4. The van der Waals surface area contributed by atoms with Gasteiger partial charge in [-0.25, -0.2) is 14.2 Å². The predicted octanol–water partition coefficient (Wildman–Crippen LogP) is 2.96. The molecule has 0 saturated heterocycles. The minimum Gasteiger partial charge on any atom is -0.476 e. The number of thiazole rings is 1. The molecule has 0 unspecified atom stereocenters. The molecule has 0 aliphatic carbocycles. The van der Waals surface area contributed by atoms with Crippen LogP contribution >= 0.6 is 11.3 Å². The topological polar surface area (TPSA) is 50.2 Å². The van der Waals surface area contributed by atoms with Gasteiger partial charge in [0.05, 0.1) is 0 Å². The Morgan fingerprint density at radius 1 is 1.50 bits per heavy atom. The summed E-state index contributed by atoms with van der Waals surface area (Å²) < 4.78 is 13.5. The van der Waals surface area contributed by atoms with Crippen molar-refractivity contribution in [3.05, 3.63) is 40.7 Å². The highest BCUT2D eigenvalue weighted by Crippen LogP contribution is 2.27. The molecule has 0 atom stereocenters. The number of halogens is 1. The number of hydrogen-bond donors (Lipinski definition) is 1. The highest BCUT2D eigenvalue weighted by molar-refractivity contribution is 7.13. The van der Waals surface area contributed by atoms with Crippen molar-refractivity contribution in [1.29, 1.82) is 0 Å². The molecular formula is C11H8FNO2S. The zero-order chi connectivity index (χ0) is 11.7. The second-order valence-electron chi connectivity index (χ2n) is 3.33. The van der Waals surface area contributed by atoms with Crippen molar-refractivity contribution >= 4 is 17.3 Å². The lowest BCUT2D eigenvalue weighted by molar-refractivity contribution is 0.0691. The molecule has 0 amide bonds. The zero-order valence-corrected chi connectivity index (χ0v) is 9.21. The lowest BCUT2D eigenvalue weighted by atomic mass is 10.1. The Balaban J connectivity index is 2.50. The van der Waals surface area contributed by atoms with Gasteiger partial charge in [0.15, 0.2) is 5.69 Å². The van der Waals surface area contributed by atoms with Gasteiger partial charge in [-0.3, -0.25) is 0 Å². The number of hydrogen-bond acceptors (Lipinski definition) is 3. The monoisotopic (exact) mass is 237 g/mol. The number of nitrogens with zero attached hydrogens (tertiary/aromatic N) is 1. The number of benzene rings is 1. The van der Waals surface area contributed by atoms with Gasteiger partial charge in [-0.2, -0.15) is 0 Å². The second kappa shape index (κ2) is 4.02. The third-order valence-corrected chi connectivity index (χ3v) is 2.95. The Morgan fingerprint density at radius 3 is 2.88 bits per heavy atom. The molecule has 0 bridgehead atoms. The van der Waals surface area contributed by atoms with E-state index in [-0.39, 0.29) is 5.69 Å². The maximum absolute atomic E-state index is 13.5. The van der Waals surface area contributed by atoms with Gasteiger partial charge in [0.25, 0.3) is 0 Å². The molecule has 0 radical (unpaired) electrons. The molecule has 16 heavy (non-hydrogen) atoms. The molecule has 1 aromatic carbocycles. The highest BCUT2D eigenvalue weighted by Gasteiger charge is 2.13. The van der Waals surface area contributed by atoms with Crippen molar-refractivity contribution in [1.82, 2.24) is 4.98 Å². The van der Waals surface area contributed by atoms with Gasteiger partial charge in [0.2, 0.25) is 0 Å². The lowest BCUT2D eigenvalue weighted by Gasteiger charge is -2.00. The minimum atomic E-state index is -1.10. The van der Waals surface area contributed by atoms with Crippen molar-refractivity contribution in [3.8, 4) is 10.6 Å². The SMILES string of the molecule is Cc1ccc(F)c(-c2nc(C(=O)O)cs2)c1. The summed E-state index contributed by atoms with van der Waals surface area (Å²) >= 11 is 1.12.